The van der Waals surface area contributed by atoms with E-state index in [0.717, 1.165) is 3.57 Å². The van der Waals surface area contributed by atoms with Gasteiger partial charge in [0.05, 0.1) is 14.3 Å². The van der Waals surface area contributed by atoms with E-state index >= 15 is 0 Å². The summed E-state index contributed by atoms with van der Waals surface area (Å²) >= 11 is 3.97. The van der Waals surface area contributed by atoms with Crippen molar-refractivity contribution in [2.45, 2.75) is 0 Å². The zero-order valence-corrected chi connectivity index (χ0v) is 10.0. The van der Waals surface area contributed by atoms with Crippen LogP contribution in [0.15, 0.2) is 12.1 Å². The van der Waals surface area contributed by atoms with Crippen molar-refractivity contribution in [2.24, 2.45) is 0 Å². The van der Waals surface area contributed by atoms with Gasteiger partial charge in [-0.3, -0.25) is 0 Å². The van der Waals surface area contributed by atoms with Gasteiger partial charge in [0.15, 0.2) is 11.6 Å². The van der Waals surface area contributed by atoms with E-state index in [1.807, 2.05) is 51.2 Å². The second-order valence-electron chi connectivity index (χ2n) is 1.88. The van der Waals surface area contributed by atoms with Gasteiger partial charge in [-0.25, -0.2) is 4.39 Å². The average Bonchev–Trinajstić information content (AvgIpc) is 1.99. The van der Waals surface area contributed by atoms with Gasteiger partial charge in [0.25, 0.3) is 0 Å². The van der Waals surface area contributed by atoms with Crippen molar-refractivity contribution in [2.75, 3.05) is 7.11 Å². The van der Waals surface area contributed by atoms with Crippen LogP contribution in [0, 0.1) is 13.0 Å². The minimum Gasteiger partial charge on any atom is -0.493 e. The third-order valence-electron chi connectivity index (χ3n) is 1.21. The van der Waals surface area contributed by atoms with E-state index < -0.39 is 0 Å². The molecule has 1 rings (SSSR count). The normalized spacial score (nSPS) is 9.82. The highest BCUT2D eigenvalue weighted by atomic mass is 127. The van der Waals surface area contributed by atoms with Gasteiger partial charge in [0.2, 0.25) is 0 Å². The maximum absolute atomic E-state index is 13.1. The minimum atomic E-state index is -0.278. The molecule has 0 unspecified atom stereocenters. The molecule has 1 aromatic rings. The Hall–Kier alpha value is 0.410. The molecule has 60 valence electrons. The Labute approximate surface area is 91.6 Å². The monoisotopic (exact) mass is 378 g/mol. The van der Waals surface area contributed by atoms with Crippen LogP contribution in [-0.4, -0.2) is 7.11 Å². The molecule has 0 saturated carbocycles. The molecule has 0 spiro atoms. The van der Waals surface area contributed by atoms with Crippen molar-refractivity contribution in [3.8, 4) is 5.75 Å². The summed E-state index contributed by atoms with van der Waals surface area (Å²) in [7, 11) is 1.47. The lowest BCUT2D eigenvalue weighted by Crippen LogP contribution is -1.93. The Morgan fingerprint density at radius 2 is 1.82 bits per heavy atom. The van der Waals surface area contributed by atoms with Crippen LogP contribution in [0.2, 0.25) is 0 Å². The summed E-state index contributed by atoms with van der Waals surface area (Å²) in [6, 6.07) is 3.55. The number of methoxy groups -OCH3 is 1. The van der Waals surface area contributed by atoms with E-state index in [4.69, 9.17) is 4.74 Å². The van der Waals surface area contributed by atoms with Gasteiger partial charge in [0.1, 0.15) is 0 Å². The standard InChI is InChI=1S/C7H5FI2O/c1-11-7-5(10)3-2-4(9)6(7)8/h2-3H,1H3. The van der Waals surface area contributed by atoms with Gasteiger partial charge in [-0.15, -0.1) is 0 Å². The first-order valence-electron chi connectivity index (χ1n) is 2.84. The molecule has 0 heterocycles. The maximum atomic E-state index is 13.1. The highest BCUT2D eigenvalue weighted by Gasteiger charge is 2.09. The first kappa shape index (κ1) is 9.50. The smallest absolute Gasteiger partial charge is 0.179 e. The summed E-state index contributed by atoms with van der Waals surface area (Å²) in [6.45, 7) is 0. The Balaban J connectivity index is 3.29. The molecule has 4 heteroatoms. The van der Waals surface area contributed by atoms with Crippen LogP contribution in [0.4, 0.5) is 4.39 Å². The molecule has 0 amide bonds. The zero-order chi connectivity index (χ0) is 8.43. The molecule has 0 fully saturated rings. The molecule has 0 bridgehead atoms. The number of rotatable bonds is 1. The molecule has 1 aromatic carbocycles. The quantitative estimate of drug-likeness (QED) is 0.540. The van der Waals surface area contributed by atoms with Crippen LogP contribution < -0.4 is 4.74 Å². The topological polar surface area (TPSA) is 9.23 Å². The van der Waals surface area contributed by atoms with Gasteiger partial charge in [-0.1, -0.05) is 0 Å². The van der Waals surface area contributed by atoms with E-state index in [0.29, 0.717) is 9.32 Å². The number of benzene rings is 1. The summed E-state index contributed by atoms with van der Waals surface area (Å²) in [5.74, 6) is 0.0532. The molecule has 1 nitrogen and oxygen atoms in total. The molecule has 0 saturated heterocycles. The highest BCUT2D eigenvalue weighted by Crippen LogP contribution is 2.27. The fourth-order valence-electron chi connectivity index (χ4n) is 0.696. The third-order valence-corrected chi connectivity index (χ3v) is 2.89. The Morgan fingerprint density at radius 1 is 1.27 bits per heavy atom. The predicted molar refractivity (Wildman–Crippen MR) is 58.4 cm³/mol. The summed E-state index contributed by atoms with van der Waals surface area (Å²) in [5.41, 5.74) is 0. The third kappa shape index (κ3) is 1.95. The molecule has 11 heavy (non-hydrogen) atoms. The van der Waals surface area contributed by atoms with Gasteiger partial charge in [0, 0.05) is 0 Å². The Bertz CT molecular complexity index is 275. The van der Waals surface area contributed by atoms with Gasteiger partial charge >= 0.3 is 0 Å². The second kappa shape index (κ2) is 3.88. The molecule has 0 aliphatic rings. The Morgan fingerprint density at radius 3 is 2.27 bits per heavy atom. The van der Waals surface area contributed by atoms with E-state index in [-0.39, 0.29) is 5.82 Å². The lowest BCUT2D eigenvalue weighted by atomic mass is 10.3. The first-order chi connectivity index (χ1) is 5.16. The first-order valence-corrected chi connectivity index (χ1v) is 5.00. The molecular weight excluding hydrogens is 373 g/mol. The fourth-order valence-corrected chi connectivity index (χ4v) is 1.76. The highest BCUT2D eigenvalue weighted by molar-refractivity contribution is 14.1. The van der Waals surface area contributed by atoms with Crippen LogP contribution in [0.25, 0.3) is 0 Å². The molecule has 0 atom stereocenters. The fraction of sp³-hybridized carbons (Fsp3) is 0.143. The zero-order valence-electron chi connectivity index (χ0n) is 5.70. The van der Waals surface area contributed by atoms with Crippen LogP contribution in [0.3, 0.4) is 0 Å². The summed E-state index contributed by atoms with van der Waals surface area (Å²) < 4.78 is 19.4. The lowest BCUT2D eigenvalue weighted by molar-refractivity contribution is 0.382. The Kier molecular flexibility index (Phi) is 3.35. The van der Waals surface area contributed by atoms with Crippen LogP contribution in [-0.2, 0) is 0 Å². The summed E-state index contributed by atoms with van der Waals surface area (Å²) in [4.78, 5) is 0. The van der Waals surface area contributed by atoms with Gasteiger partial charge in [-0.2, -0.15) is 0 Å². The minimum absolute atomic E-state index is 0.278. The van der Waals surface area contributed by atoms with Crippen molar-refractivity contribution in [3.63, 3.8) is 0 Å². The predicted octanol–water partition coefficient (Wildman–Crippen LogP) is 3.04. The molecule has 0 aliphatic heterocycles. The number of halogens is 3. The van der Waals surface area contributed by atoms with Gasteiger partial charge < -0.3 is 4.74 Å². The molecule has 0 N–H and O–H groups in total. The number of ether oxygens (including phenoxy) is 1. The molecule has 0 aromatic heterocycles. The average molecular weight is 378 g/mol. The van der Waals surface area contributed by atoms with Crippen molar-refractivity contribution in [1.82, 2.24) is 0 Å². The van der Waals surface area contributed by atoms with E-state index in [1.165, 1.54) is 7.11 Å². The van der Waals surface area contributed by atoms with Crippen molar-refractivity contribution < 1.29 is 9.13 Å². The summed E-state index contributed by atoms with van der Waals surface area (Å²) in [5, 5.41) is 0. The molecule has 0 aliphatic carbocycles. The van der Waals surface area contributed by atoms with Crippen LogP contribution in [0.1, 0.15) is 0 Å². The van der Waals surface area contributed by atoms with Crippen LogP contribution in [0.5, 0.6) is 5.75 Å². The van der Waals surface area contributed by atoms with Crippen molar-refractivity contribution >= 4 is 45.2 Å². The SMILES string of the molecule is COc1c(I)ccc(I)c1F. The van der Waals surface area contributed by atoms with E-state index in [9.17, 15) is 4.39 Å². The van der Waals surface area contributed by atoms with Crippen molar-refractivity contribution in [1.29, 1.82) is 0 Å². The van der Waals surface area contributed by atoms with E-state index in [2.05, 4.69) is 0 Å². The largest absolute Gasteiger partial charge is 0.493 e. The van der Waals surface area contributed by atoms with Crippen molar-refractivity contribution in [3.05, 3.63) is 25.1 Å². The summed E-state index contributed by atoms with van der Waals surface area (Å²) in [6.07, 6.45) is 0. The molecular formula is C7H5FI2O. The molecule has 0 radical (unpaired) electrons. The van der Waals surface area contributed by atoms with E-state index in [1.54, 1.807) is 6.07 Å². The number of hydrogen-bond acceptors (Lipinski definition) is 1. The second-order valence-corrected chi connectivity index (χ2v) is 4.20. The number of hydrogen-bond donors (Lipinski definition) is 0. The maximum Gasteiger partial charge on any atom is 0.179 e. The van der Waals surface area contributed by atoms with Crippen LogP contribution >= 0.6 is 45.2 Å². The van der Waals surface area contributed by atoms with Gasteiger partial charge in [-0.05, 0) is 57.3 Å². The lowest BCUT2D eigenvalue weighted by Gasteiger charge is -2.04.